The summed E-state index contributed by atoms with van der Waals surface area (Å²) < 4.78 is 12.1. The van der Waals surface area contributed by atoms with Gasteiger partial charge in [0.05, 0.1) is 5.38 Å². The molecule has 2 heteroatoms. The third-order valence-corrected chi connectivity index (χ3v) is 1.48. The first-order chi connectivity index (χ1) is 3.30. The molecule has 0 aliphatic carbocycles. The van der Waals surface area contributed by atoms with Gasteiger partial charge in [-0.25, -0.2) is 4.39 Å². The molecule has 0 atom stereocenters. The summed E-state index contributed by atoms with van der Waals surface area (Å²) >= 11 is 1.27. The van der Waals surface area contributed by atoms with Crippen LogP contribution in [0.1, 0.15) is 5.56 Å². The summed E-state index contributed by atoms with van der Waals surface area (Å²) in [6, 6.07) is 0. The molecule has 1 radical (unpaired) electrons. The van der Waals surface area contributed by atoms with Crippen LogP contribution in [0, 0.1) is 18.1 Å². The Morgan fingerprint density at radius 1 is 1.86 bits per heavy atom. The topological polar surface area (TPSA) is 0 Å². The minimum atomic E-state index is -0.148. The first-order valence-electron chi connectivity index (χ1n) is 1.92. The van der Waals surface area contributed by atoms with E-state index in [0.29, 0.717) is 5.56 Å². The average Bonchev–Trinajstić information content (AvgIpc) is 1.91. The quantitative estimate of drug-likeness (QED) is 0.485. The van der Waals surface area contributed by atoms with Crippen LogP contribution in [0.2, 0.25) is 0 Å². The van der Waals surface area contributed by atoms with E-state index in [1.165, 1.54) is 16.7 Å². The molecule has 1 aromatic heterocycles. The van der Waals surface area contributed by atoms with Crippen molar-refractivity contribution in [2.75, 3.05) is 0 Å². The molecule has 0 spiro atoms. The first-order valence-corrected chi connectivity index (χ1v) is 2.80. The van der Waals surface area contributed by atoms with Crippen molar-refractivity contribution in [2.24, 2.45) is 0 Å². The SMILES string of the molecule is Cc1[c]scc1F. The van der Waals surface area contributed by atoms with Gasteiger partial charge in [0, 0.05) is 10.9 Å². The third kappa shape index (κ3) is 0.800. The first kappa shape index (κ1) is 4.78. The molecular formula is C5H4FS. The Bertz CT molecular complexity index is 140. The van der Waals surface area contributed by atoms with Crippen LogP contribution in [0.25, 0.3) is 0 Å². The maximum atomic E-state index is 12.1. The van der Waals surface area contributed by atoms with E-state index < -0.39 is 0 Å². The van der Waals surface area contributed by atoms with Crippen molar-refractivity contribution >= 4 is 11.3 Å². The molecule has 0 aromatic carbocycles. The highest BCUT2D eigenvalue weighted by molar-refractivity contribution is 7.07. The van der Waals surface area contributed by atoms with Gasteiger partial charge in [-0.2, -0.15) is 0 Å². The molecule has 7 heavy (non-hydrogen) atoms. The summed E-state index contributed by atoms with van der Waals surface area (Å²) in [4.78, 5) is 0. The molecule has 1 rings (SSSR count). The molecule has 0 aliphatic heterocycles. The van der Waals surface area contributed by atoms with Crippen molar-refractivity contribution in [3.63, 3.8) is 0 Å². The highest BCUT2D eigenvalue weighted by atomic mass is 32.1. The number of aryl methyl sites for hydroxylation is 1. The molecular weight excluding hydrogens is 111 g/mol. The zero-order chi connectivity index (χ0) is 5.28. The zero-order valence-corrected chi connectivity index (χ0v) is 4.68. The van der Waals surface area contributed by atoms with E-state index in [4.69, 9.17) is 0 Å². The van der Waals surface area contributed by atoms with Gasteiger partial charge in [-0.05, 0) is 6.92 Å². The minimum absolute atomic E-state index is 0.148. The smallest absolute Gasteiger partial charge is 0.137 e. The van der Waals surface area contributed by atoms with Crippen LogP contribution in [0.15, 0.2) is 5.38 Å². The van der Waals surface area contributed by atoms with Crippen LogP contribution in [0.3, 0.4) is 0 Å². The molecule has 0 fully saturated rings. The Kier molecular flexibility index (Phi) is 1.11. The van der Waals surface area contributed by atoms with Gasteiger partial charge in [0.25, 0.3) is 0 Å². The van der Waals surface area contributed by atoms with E-state index in [2.05, 4.69) is 5.38 Å². The number of thiophene rings is 1. The predicted octanol–water partition coefficient (Wildman–Crippen LogP) is 2.00. The Labute approximate surface area is 45.6 Å². The van der Waals surface area contributed by atoms with Gasteiger partial charge >= 0.3 is 0 Å². The number of hydrogen-bond acceptors (Lipinski definition) is 1. The van der Waals surface area contributed by atoms with Crippen molar-refractivity contribution < 1.29 is 4.39 Å². The molecule has 1 aromatic rings. The second kappa shape index (κ2) is 1.62. The predicted molar refractivity (Wildman–Crippen MR) is 27.8 cm³/mol. The second-order valence-corrected chi connectivity index (χ2v) is 1.99. The summed E-state index contributed by atoms with van der Waals surface area (Å²) in [7, 11) is 0. The second-order valence-electron chi connectivity index (χ2n) is 1.31. The monoisotopic (exact) mass is 115 g/mol. The third-order valence-electron chi connectivity index (χ3n) is 0.733. The molecule has 0 aliphatic rings. The van der Waals surface area contributed by atoms with E-state index in [1.807, 2.05) is 0 Å². The fourth-order valence-electron chi connectivity index (χ4n) is 0.307. The lowest BCUT2D eigenvalue weighted by molar-refractivity contribution is 0.624. The van der Waals surface area contributed by atoms with Crippen molar-refractivity contribution in [1.82, 2.24) is 0 Å². The van der Waals surface area contributed by atoms with Crippen molar-refractivity contribution in [3.8, 4) is 0 Å². The molecule has 0 bridgehead atoms. The van der Waals surface area contributed by atoms with E-state index in [0.717, 1.165) is 0 Å². The Morgan fingerprint density at radius 3 is 2.71 bits per heavy atom. The molecule has 0 N–H and O–H groups in total. The van der Waals surface area contributed by atoms with Gasteiger partial charge in [-0.1, -0.05) is 0 Å². The molecule has 1 heterocycles. The van der Waals surface area contributed by atoms with E-state index in [-0.39, 0.29) is 5.82 Å². The van der Waals surface area contributed by atoms with Gasteiger partial charge in [-0.3, -0.25) is 0 Å². The van der Waals surface area contributed by atoms with Crippen LogP contribution >= 0.6 is 11.3 Å². The molecule has 0 amide bonds. The Balaban J connectivity index is 3.12. The van der Waals surface area contributed by atoms with Gasteiger partial charge in [0.2, 0.25) is 0 Å². The normalized spacial score (nSPS) is 9.43. The summed E-state index contributed by atoms with van der Waals surface area (Å²) in [5.74, 6) is -0.148. The largest absolute Gasteiger partial charge is 0.206 e. The van der Waals surface area contributed by atoms with E-state index in [9.17, 15) is 4.39 Å². The number of hydrogen-bond donors (Lipinski definition) is 0. The molecule has 0 saturated carbocycles. The molecule has 37 valence electrons. The van der Waals surface area contributed by atoms with Crippen molar-refractivity contribution in [3.05, 3.63) is 22.1 Å². The zero-order valence-electron chi connectivity index (χ0n) is 3.86. The van der Waals surface area contributed by atoms with Crippen LogP contribution in [-0.4, -0.2) is 0 Å². The molecule has 0 unspecified atom stereocenters. The standard InChI is InChI=1S/C5H4FS/c1-4-2-7-3-5(4)6/h3H,1H3. The van der Waals surface area contributed by atoms with Crippen LogP contribution in [0.4, 0.5) is 4.39 Å². The number of rotatable bonds is 0. The summed E-state index contributed by atoms with van der Waals surface area (Å²) in [5.41, 5.74) is 0.616. The van der Waals surface area contributed by atoms with Crippen molar-refractivity contribution in [2.45, 2.75) is 6.92 Å². The maximum absolute atomic E-state index is 12.1. The lowest BCUT2D eigenvalue weighted by Crippen LogP contribution is -1.65. The maximum Gasteiger partial charge on any atom is 0.137 e. The number of halogens is 1. The summed E-state index contributed by atoms with van der Waals surface area (Å²) in [5, 5.41) is 4.17. The van der Waals surface area contributed by atoms with Gasteiger partial charge in [0.15, 0.2) is 0 Å². The lowest BCUT2D eigenvalue weighted by Gasteiger charge is -1.74. The Hall–Kier alpha value is -0.370. The van der Waals surface area contributed by atoms with Gasteiger partial charge in [0.1, 0.15) is 5.82 Å². The van der Waals surface area contributed by atoms with Crippen LogP contribution < -0.4 is 0 Å². The Morgan fingerprint density at radius 2 is 2.57 bits per heavy atom. The van der Waals surface area contributed by atoms with Crippen molar-refractivity contribution in [1.29, 1.82) is 0 Å². The summed E-state index contributed by atoms with van der Waals surface area (Å²) in [6.45, 7) is 1.70. The minimum Gasteiger partial charge on any atom is -0.206 e. The van der Waals surface area contributed by atoms with Gasteiger partial charge < -0.3 is 0 Å². The molecule has 0 nitrogen and oxygen atoms in total. The van der Waals surface area contributed by atoms with E-state index >= 15 is 0 Å². The van der Waals surface area contributed by atoms with E-state index in [1.54, 1.807) is 6.92 Å². The highest BCUT2D eigenvalue weighted by Gasteiger charge is 1.92. The van der Waals surface area contributed by atoms with Gasteiger partial charge in [-0.15, -0.1) is 11.3 Å². The van der Waals surface area contributed by atoms with Crippen LogP contribution in [0.5, 0.6) is 0 Å². The molecule has 0 saturated heterocycles. The fraction of sp³-hybridized carbons (Fsp3) is 0.200. The average molecular weight is 115 g/mol. The summed E-state index contributed by atoms with van der Waals surface area (Å²) in [6.07, 6.45) is 0. The van der Waals surface area contributed by atoms with Crippen LogP contribution in [-0.2, 0) is 0 Å². The highest BCUT2D eigenvalue weighted by Crippen LogP contribution is 2.08. The fourth-order valence-corrected chi connectivity index (χ4v) is 0.920. The lowest BCUT2D eigenvalue weighted by atomic mass is 10.4.